The average molecular weight is 467 g/mol. The minimum absolute atomic E-state index is 0.0254. The van der Waals surface area contributed by atoms with Gasteiger partial charge < -0.3 is 28.9 Å². The smallest absolute Gasteiger partial charge is 0.341 e. The summed E-state index contributed by atoms with van der Waals surface area (Å²) in [6, 6.07) is 9.17. The van der Waals surface area contributed by atoms with E-state index < -0.39 is 17.2 Å². The predicted octanol–water partition coefficient (Wildman–Crippen LogP) is 3.27. The van der Waals surface area contributed by atoms with E-state index in [1.54, 1.807) is 11.7 Å². The van der Waals surface area contributed by atoms with Crippen molar-refractivity contribution >= 4 is 28.2 Å². The third-order valence-electron chi connectivity index (χ3n) is 6.58. The Morgan fingerprint density at radius 1 is 1.18 bits per heavy atom. The molecule has 3 heterocycles. The van der Waals surface area contributed by atoms with E-state index in [4.69, 9.17) is 9.47 Å². The van der Waals surface area contributed by atoms with Crippen LogP contribution in [0.3, 0.4) is 0 Å². The Kier molecular flexibility index (Phi) is 5.65. The maximum absolute atomic E-state index is 15.4. The van der Waals surface area contributed by atoms with Gasteiger partial charge in [0.1, 0.15) is 17.9 Å². The van der Waals surface area contributed by atoms with E-state index in [1.165, 1.54) is 6.20 Å². The predicted molar refractivity (Wildman–Crippen MR) is 127 cm³/mol. The highest BCUT2D eigenvalue weighted by molar-refractivity contribution is 5.97. The molecule has 0 spiro atoms. The first kappa shape index (κ1) is 22.2. The first-order valence-corrected chi connectivity index (χ1v) is 11.2. The fraction of sp³-hybridized carbons (Fsp3) is 0.360. The summed E-state index contributed by atoms with van der Waals surface area (Å²) in [5, 5.41) is 9.48. The Morgan fingerprint density at radius 3 is 2.50 bits per heavy atom. The van der Waals surface area contributed by atoms with Crippen LogP contribution in [0.1, 0.15) is 28.9 Å². The molecule has 1 saturated heterocycles. The van der Waals surface area contributed by atoms with Gasteiger partial charge in [0.2, 0.25) is 5.43 Å². The summed E-state index contributed by atoms with van der Waals surface area (Å²) >= 11 is 0. The number of piperazine rings is 1. The van der Waals surface area contributed by atoms with Crippen LogP contribution >= 0.6 is 0 Å². The number of anilines is 2. The molecule has 2 aromatic carbocycles. The molecule has 0 saturated carbocycles. The van der Waals surface area contributed by atoms with Gasteiger partial charge in [-0.1, -0.05) is 12.1 Å². The number of halogens is 1. The lowest BCUT2D eigenvalue weighted by Crippen LogP contribution is -2.47. The molecular weight excluding hydrogens is 441 g/mol. The van der Waals surface area contributed by atoms with Gasteiger partial charge in [-0.25, -0.2) is 9.18 Å². The first-order valence-electron chi connectivity index (χ1n) is 11.2. The van der Waals surface area contributed by atoms with Crippen molar-refractivity contribution in [3.63, 3.8) is 0 Å². The molecule has 1 aromatic heterocycles. The van der Waals surface area contributed by atoms with E-state index in [0.29, 0.717) is 49.7 Å². The van der Waals surface area contributed by atoms with Gasteiger partial charge in [0.25, 0.3) is 0 Å². The molecule has 0 unspecified atom stereocenters. The number of hydrogen-bond donors (Lipinski definition) is 1. The van der Waals surface area contributed by atoms with Gasteiger partial charge in [0.05, 0.1) is 23.6 Å². The lowest BCUT2D eigenvalue weighted by molar-refractivity contribution is 0.0694. The summed E-state index contributed by atoms with van der Waals surface area (Å²) in [4.78, 5) is 28.6. The van der Waals surface area contributed by atoms with E-state index in [1.807, 2.05) is 24.0 Å². The highest BCUT2D eigenvalue weighted by atomic mass is 19.1. The van der Waals surface area contributed by atoms with Crippen molar-refractivity contribution in [2.75, 3.05) is 49.7 Å². The standard InChI is InChI=1S/C25H26FN3O5/c1-15-13-34-24-21-18(23(30)19(25(31)32)12-29(15)21)11-20(26)22(24)28-9-7-27(8-10-28)17-5-3-16(4-6-17)14-33-2/h3-6,11-12,15H,7-10,13-14H2,1-2H3,(H,31,32)/t15-/m0/s1. The van der Waals surface area contributed by atoms with E-state index >= 15 is 4.39 Å². The average Bonchev–Trinajstić information content (AvgIpc) is 2.83. The number of carboxylic acids is 1. The third-order valence-corrected chi connectivity index (χ3v) is 6.58. The molecule has 1 fully saturated rings. The van der Waals surface area contributed by atoms with Gasteiger partial charge in [0.15, 0.2) is 11.6 Å². The normalized spacial score (nSPS) is 17.7. The Hall–Kier alpha value is -3.59. The minimum atomic E-state index is -1.33. The summed E-state index contributed by atoms with van der Waals surface area (Å²) < 4.78 is 28.3. The summed E-state index contributed by atoms with van der Waals surface area (Å²) in [5.74, 6) is -1.60. The zero-order valence-electron chi connectivity index (χ0n) is 19.1. The SMILES string of the molecule is COCc1ccc(N2CCN(c3c(F)cc4c(=O)c(C(=O)O)cn5c4c3OC[C@@H]5C)CC2)cc1. The lowest BCUT2D eigenvalue weighted by atomic mass is 10.1. The van der Waals surface area contributed by atoms with Crippen molar-refractivity contribution in [3.05, 3.63) is 63.7 Å². The number of carboxylic acid groups (broad SMARTS) is 1. The van der Waals surface area contributed by atoms with Crippen LogP contribution in [0.25, 0.3) is 10.9 Å². The number of benzene rings is 2. The molecule has 178 valence electrons. The van der Waals surface area contributed by atoms with Crippen LogP contribution in [0.2, 0.25) is 0 Å². The van der Waals surface area contributed by atoms with Crippen LogP contribution in [-0.2, 0) is 11.3 Å². The van der Waals surface area contributed by atoms with E-state index in [9.17, 15) is 14.7 Å². The van der Waals surface area contributed by atoms with E-state index in [2.05, 4.69) is 17.0 Å². The second kappa shape index (κ2) is 8.64. The highest BCUT2D eigenvalue weighted by Gasteiger charge is 2.31. The number of methoxy groups -OCH3 is 1. The maximum Gasteiger partial charge on any atom is 0.341 e. The molecule has 2 aliphatic heterocycles. The molecule has 34 heavy (non-hydrogen) atoms. The molecule has 0 aliphatic carbocycles. The van der Waals surface area contributed by atoms with Crippen LogP contribution in [0, 0.1) is 5.82 Å². The fourth-order valence-corrected chi connectivity index (χ4v) is 4.82. The van der Waals surface area contributed by atoms with Crippen molar-refractivity contribution < 1.29 is 23.8 Å². The Labute approximate surface area is 195 Å². The summed E-state index contributed by atoms with van der Waals surface area (Å²) in [5.41, 5.74) is 1.90. The van der Waals surface area contributed by atoms with E-state index in [0.717, 1.165) is 17.3 Å². The molecule has 9 heteroatoms. The number of hydrogen-bond acceptors (Lipinski definition) is 6. The number of aromatic nitrogens is 1. The van der Waals surface area contributed by atoms with Gasteiger partial charge in [-0.3, -0.25) is 4.79 Å². The maximum atomic E-state index is 15.4. The van der Waals surface area contributed by atoms with Gasteiger partial charge in [-0.15, -0.1) is 0 Å². The Bertz CT molecular complexity index is 1310. The van der Waals surface area contributed by atoms with Gasteiger partial charge in [-0.05, 0) is 30.7 Å². The molecule has 0 bridgehead atoms. The molecule has 5 rings (SSSR count). The van der Waals surface area contributed by atoms with Crippen molar-refractivity contribution in [1.29, 1.82) is 0 Å². The van der Waals surface area contributed by atoms with E-state index in [-0.39, 0.29) is 23.6 Å². The zero-order valence-corrected chi connectivity index (χ0v) is 19.1. The number of rotatable bonds is 5. The zero-order chi connectivity index (χ0) is 24.0. The number of carbonyl (C=O) groups is 1. The monoisotopic (exact) mass is 467 g/mol. The van der Waals surface area contributed by atoms with Crippen LogP contribution in [-0.4, -0.2) is 55.5 Å². The molecule has 0 amide bonds. The van der Waals surface area contributed by atoms with Crippen molar-refractivity contribution in [1.82, 2.24) is 4.57 Å². The molecule has 8 nitrogen and oxygen atoms in total. The number of aromatic carboxylic acids is 1. The van der Waals surface area contributed by atoms with Gasteiger partial charge in [-0.2, -0.15) is 0 Å². The first-order chi connectivity index (χ1) is 16.4. The van der Waals surface area contributed by atoms with Crippen molar-refractivity contribution in [2.24, 2.45) is 0 Å². The molecule has 1 atom stereocenters. The van der Waals surface area contributed by atoms with Gasteiger partial charge in [0, 0.05) is 45.2 Å². The Balaban J connectivity index is 1.48. The molecular formula is C25H26FN3O5. The second-order valence-corrected chi connectivity index (χ2v) is 8.75. The van der Waals surface area contributed by atoms with Crippen molar-refractivity contribution in [2.45, 2.75) is 19.6 Å². The van der Waals surface area contributed by atoms with Crippen LogP contribution < -0.4 is 20.0 Å². The summed E-state index contributed by atoms with van der Waals surface area (Å²) in [7, 11) is 1.67. The fourth-order valence-electron chi connectivity index (χ4n) is 4.82. The second-order valence-electron chi connectivity index (χ2n) is 8.75. The Morgan fingerprint density at radius 2 is 1.85 bits per heavy atom. The molecule has 1 N–H and O–H groups in total. The van der Waals surface area contributed by atoms with Crippen LogP contribution in [0.15, 0.2) is 41.3 Å². The van der Waals surface area contributed by atoms with Crippen molar-refractivity contribution in [3.8, 4) is 5.75 Å². The van der Waals surface area contributed by atoms with Crippen LogP contribution in [0.4, 0.5) is 15.8 Å². The largest absolute Gasteiger partial charge is 0.487 e. The molecule has 2 aliphatic rings. The summed E-state index contributed by atoms with van der Waals surface area (Å²) in [6.07, 6.45) is 1.34. The lowest BCUT2D eigenvalue weighted by Gasteiger charge is -2.39. The topological polar surface area (TPSA) is 84.2 Å². The summed E-state index contributed by atoms with van der Waals surface area (Å²) in [6.45, 7) is 5.24. The third kappa shape index (κ3) is 3.66. The number of ether oxygens (including phenoxy) is 2. The quantitative estimate of drug-likeness (QED) is 0.617. The number of pyridine rings is 1. The molecule has 0 radical (unpaired) electrons. The van der Waals surface area contributed by atoms with Gasteiger partial charge >= 0.3 is 5.97 Å². The molecule has 3 aromatic rings. The number of nitrogens with zero attached hydrogens (tertiary/aromatic N) is 3. The highest BCUT2D eigenvalue weighted by Crippen LogP contribution is 2.42. The van der Waals surface area contributed by atoms with Crippen LogP contribution in [0.5, 0.6) is 5.75 Å². The minimum Gasteiger partial charge on any atom is -0.487 e.